The Morgan fingerprint density at radius 3 is 2.89 bits per heavy atom. The number of benzene rings is 1. The van der Waals surface area contributed by atoms with Gasteiger partial charge in [0.2, 0.25) is 5.16 Å². The molecule has 18 heavy (non-hydrogen) atoms. The average Bonchev–Trinajstić information content (AvgIpc) is 2.85. The monoisotopic (exact) mass is 265 g/mol. The van der Waals surface area contributed by atoms with Crippen molar-refractivity contribution < 1.29 is 4.39 Å². The maximum Gasteiger partial charge on any atom is 0.208 e. The van der Waals surface area contributed by atoms with Crippen molar-refractivity contribution in [1.82, 2.24) is 15.2 Å². The summed E-state index contributed by atoms with van der Waals surface area (Å²) in [4.78, 5) is 4.30. The van der Waals surface area contributed by atoms with Crippen molar-refractivity contribution in [2.45, 2.75) is 25.4 Å². The first-order valence-electron chi connectivity index (χ1n) is 6.00. The van der Waals surface area contributed by atoms with Crippen LogP contribution < -0.4 is 0 Å². The van der Waals surface area contributed by atoms with Crippen molar-refractivity contribution in [2.75, 3.05) is 5.75 Å². The molecule has 5 heteroatoms. The first kappa shape index (κ1) is 13.1. The molecule has 0 unspecified atom stereocenters. The van der Waals surface area contributed by atoms with Gasteiger partial charge in [0.1, 0.15) is 5.82 Å². The van der Waals surface area contributed by atoms with Crippen molar-refractivity contribution >= 4 is 11.8 Å². The molecule has 2 aromatic rings. The highest BCUT2D eigenvalue weighted by Crippen LogP contribution is 2.23. The number of nitrogens with one attached hydrogen (secondary N) is 1. The Morgan fingerprint density at radius 2 is 2.17 bits per heavy atom. The minimum Gasteiger partial charge on any atom is -0.258 e. The number of halogens is 1. The lowest BCUT2D eigenvalue weighted by molar-refractivity contribution is 0.630. The van der Waals surface area contributed by atoms with Gasteiger partial charge in [0.05, 0.1) is 5.56 Å². The summed E-state index contributed by atoms with van der Waals surface area (Å²) < 4.78 is 13.6. The molecule has 0 saturated carbocycles. The van der Waals surface area contributed by atoms with Crippen LogP contribution in [-0.2, 0) is 0 Å². The number of aromatic amines is 1. The molecule has 1 N–H and O–H groups in total. The lowest BCUT2D eigenvalue weighted by Gasteiger charge is -2.04. The van der Waals surface area contributed by atoms with Gasteiger partial charge >= 0.3 is 0 Å². The van der Waals surface area contributed by atoms with E-state index in [2.05, 4.69) is 29.0 Å². The average molecular weight is 265 g/mol. The lowest BCUT2D eigenvalue weighted by atomic mass is 10.2. The van der Waals surface area contributed by atoms with Crippen LogP contribution in [0.2, 0.25) is 0 Å². The molecule has 1 aromatic heterocycles. The summed E-state index contributed by atoms with van der Waals surface area (Å²) >= 11 is 1.60. The molecule has 1 heterocycles. The van der Waals surface area contributed by atoms with E-state index in [1.54, 1.807) is 30.0 Å². The van der Waals surface area contributed by atoms with Gasteiger partial charge in [-0.2, -0.15) is 0 Å². The molecule has 1 aromatic carbocycles. The molecular formula is C13H16FN3S. The summed E-state index contributed by atoms with van der Waals surface area (Å²) in [5.74, 6) is 1.81. The second-order valence-electron chi connectivity index (χ2n) is 4.27. The van der Waals surface area contributed by atoms with E-state index in [1.807, 2.05) is 0 Å². The van der Waals surface area contributed by atoms with Crippen molar-refractivity contribution in [3.05, 3.63) is 30.1 Å². The zero-order valence-corrected chi connectivity index (χ0v) is 11.3. The van der Waals surface area contributed by atoms with Crippen LogP contribution >= 0.6 is 11.8 Å². The number of H-pyrrole nitrogens is 1. The molecule has 0 aliphatic heterocycles. The van der Waals surface area contributed by atoms with E-state index in [0.717, 1.165) is 12.2 Å². The Hall–Kier alpha value is -1.36. The van der Waals surface area contributed by atoms with E-state index < -0.39 is 0 Å². The van der Waals surface area contributed by atoms with Crippen LogP contribution in [0.1, 0.15) is 20.3 Å². The molecule has 96 valence electrons. The molecule has 0 aliphatic carbocycles. The lowest BCUT2D eigenvalue weighted by Crippen LogP contribution is -1.95. The first-order chi connectivity index (χ1) is 8.70. The summed E-state index contributed by atoms with van der Waals surface area (Å²) in [5, 5.41) is 7.56. The first-order valence-corrected chi connectivity index (χ1v) is 6.99. The normalized spacial score (nSPS) is 12.6. The fourth-order valence-corrected chi connectivity index (χ4v) is 2.35. The molecule has 0 saturated heterocycles. The second kappa shape index (κ2) is 6.00. The van der Waals surface area contributed by atoms with E-state index >= 15 is 0 Å². The number of thioether (sulfide) groups is 1. The smallest absolute Gasteiger partial charge is 0.208 e. The van der Waals surface area contributed by atoms with E-state index in [1.165, 1.54) is 6.07 Å². The Labute approximate surface area is 110 Å². The predicted octanol–water partition coefficient (Wildman–Crippen LogP) is 3.75. The van der Waals surface area contributed by atoms with E-state index in [-0.39, 0.29) is 5.82 Å². The van der Waals surface area contributed by atoms with Gasteiger partial charge < -0.3 is 0 Å². The van der Waals surface area contributed by atoms with Gasteiger partial charge in [0, 0.05) is 5.75 Å². The van der Waals surface area contributed by atoms with Crippen molar-refractivity contribution in [3.63, 3.8) is 0 Å². The number of hydrogen-bond acceptors (Lipinski definition) is 3. The van der Waals surface area contributed by atoms with Crippen LogP contribution in [0.3, 0.4) is 0 Å². The Morgan fingerprint density at radius 1 is 1.39 bits per heavy atom. The Balaban J connectivity index is 2.09. The Bertz CT molecular complexity index is 512. The molecule has 3 nitrogen and oxygen atoms in total. The zero-order valence-electron chi connectivity index (χ0n) is 10.5. The summed E-state index contributed by atoms with van der Waals surface area (Å²) in [6.45, 7) is 4.35. The highest BCUT2D eigenvalue weighted by molar-refractivity contribution is 7.99. The molecular weight excluding hydrogens is 249 g/mol. The van der Waals surface area contributed by atoms with Gasteiger partial charge in [-0.25, -0.2) is 9.37 Å². The van der Waals surface area contributed by atoms with Gasteiger partial charge in [0.15, 0.2) is 5.82 Å². The zero-order chi connectivity index (χ0) is 13.0. The molecule has 2 rings (SSSR count). The molecule has 0 bridgehead atoms. The summed E-state index contributed by atoms with van der Waals surface area (Å²) in [5.41, 5.74) is 0.459. The molecule has 1 atom stereocenters. The Kier molecular flexibility index (Phi) is 4.36. The molecule has 0 radical (unpaired) electrons. The summed E-state index contributed by atoms with van der Waals surface area (Å²) in [7, 11) is 0. The van der Waals surface area contributed by atoms with Crippen molar-refractivity contribution in [3.8, 4) is 11.4 Å². The largest absolute Gasteiger partial charge is 0.258 e. The number of aromatic nitrogens is 3. The van der Waals surface area contributed by atoms with Crippen LogP contribution in [0.5, 0.6) is 0 Å². The third-order valence-corrected chi connectivity index (χ3v) is 3.96. The maximum atomic E-state index is 13.6. The second-order valence-corrected chi connectivity index (χ2v) is 5.26. The van der Waals surface area contributed by atoms with E-state index in [9.17, 15) is 4.39 Å². The fraction of sp³-hybridized carbons (Fsp3) is 0.385. The standard InChI is InChI=1S/C13H16FN3S/c1-3-9(2)8-18-13-15-12(16-17-13)10-6-4-5-7-11(10)14/h4-7,9H,3,8H2,1-2H3,(H,15,16,17)/t9-/m1/s1. The fourth-order valence-electron chi connectivity index (χ4n) is 1.42. The molecule has 0 aliphatic rings. The predicted molar refractivity (Wildman–Crippen MR) is 72.0 cm³/mol. The quantitative estimate of drug-likeness (QED) is 0.837. The van der Waals surface area contributed by atoms with Crippen LogP contribution in [0, 0.1) is 11.7 Å². The third kappa shape index (κ3) is 3.10. The number of nitrogens with zero attached hydrogens (tertiary/aromatic N) is 2. The van der Waals surface area contributed by atoms with Gasteiger partial charge in [-0.3, -0.25) is 5.10 Å². The van der Waals surface area contributed by atoms with Gasteiger partial charge in [-0.15, -0.1) is 5.10 Å². The molecule has 0 amide bonds. The number of rotatable bonds is 5. The molecule has 0 spiro atoms. The van der Waals surface area contributed by atoms with Gasteiger partial charge in [-0.1, -0.05) is 44.2 Å². The van der Waals surface area contributed by atoms with Crippen LogP contribution in [0.25, 0.3) is 11.4 Å². The van der Waals surface area contributed by atoms with Crippen molar-refractivity contribution in [2.24, 2.45) is 5.92 Å². The van der Waals surface area contributed by atoms with E-state index in [4.69, 9.17) is 0 Å². The van der Waals surface area contributed by atoms with E-state index in [0.29, 0.717) is 22.5 Å². The molecule has 0 fully saturated rings. The topological polar surface area (TPSA) is 41.6 Å². The van der Waals surface area contributed by atoms with Crippen LogP contribution in [-0.4, -0.2) is 20.9 Å². The highest BCUT2D eigenvalue weighted by Gasteiger charge is 2.10. The SMILES string of the molecule is CC[C@@H](C)CSc1n[nH]c(-c2ccccc2F)n1. The van der Waals surface area contributed by atoms with Crippen LogP contribution in [0.15, 0.2) is 29.4 Å². The van der Waals surface area contributed by atoms with Crippen LogP contribution in [0.4, 0.5) is 4.39 Å². The van der Waals surface area contributed by atoms with Crippen molar-refractivity contribution in [1.29, 1.82) is 0 Å². The minimum absolute atomic E-state index is 0.285. The van der Waals surface area contributed by atoms with Gasteiger partial charge in [0.25, 0.3) is 0 Å². The number of hydrogen-bond donors (Lipinski definition) is 1. The summed E-state index contributed by atoms with van der Waals surface area (Å²) in [6.07, 6.45) is 1.14. The summed E-state index contributed by atoms with van der Waals surface area (Å²) in [6, 6.07) is 6.56. The van der Waals surface area contributed by atoms with Gasteiger partial charge in [-0.05, 0) is 18.1 Å². The third-order valence-electron chi connectivity index (χ3n) is 2.79. The minimum atomic E-state index is -0.285. The highest BCUT2D eigenvalue weighted by atomic mass is 32.2. The maximum absolute atomic E-state index is 13.6.